The van der Waals surface area contributed by atoms with Gasteiger partial charge in [-0.2, -0.15) is 18.3 Å². The lowest BCUT2D eigenvalue weighted by Crippen LogP contribution is -2.46. The van der Waals surface area contributed by atoms with E-state index < -0.39 is 11.7 Å². The van der Waals surface area contributed by atoms with E-state index >= 15 is 0 Å². The van der Waals surface area contributed by atoms with Crippen LogP contribution in [0.3, 0.4) is 0 Å². The number of rotatable bonds is 5. The molecule has 0 saturated carbocycles. The number of hydrazone groups is 1. The maximum Gasteiger partial charge on any atom is 0.416 e. The van der Waals surface area contributed by atoms with Crippen LogP contribution in [0.25, 0.3) is 0 Å². The lowest BCUT2D eigenvalue weighted by atomic mass is 10.1. The minimum absolute atomic E-state index is 0.0710. The Morgan fingerprint density at radius 3 is 2.64 bits per heavy atom. The van der Waals surface area contributed by atoms with Gasteiger partial charge in [0.15, 0.2) is 5.11 Å². The number of nitrogens with two attached hydrogens (primary N) is 1. The fourth-order valence-corrected chi connectivity index (χ4v) is 3.02. The second kappa shape index (κ2) is 8.61. The largest absolute Gasteiger partial charge is 0.459 e. The fraction of sp³-hybridized carbons (Fsp3) is 0.333. The van der Waals surface area contributed by atoms with Gasteiger partial charge in [-0.15, -0.1) is 0 Å². The summed E-state index contributed by atoms with van der Waals surface area (Å²) in [5, 5.41) is 3.90. The summed E-state index contributed by atoms with van der Waals surface area (Å²) in [6.07, 6.45) is -2.85. The van der Waals surface area contributed by atoms with Crippen LogP contribution in [-0.2, 0) is 12.7 Å². The van der Waals surface area contributed by atoms with Gasteiger partial charge in [-0.3, -0.25) is 10.3 Å². The Labute approximate surface area is 165 Å². The zero-order valence-electron chi connectivity index (χ0n) is 14.9. The molecule has 0 atom stereocenters. The normalized spacial score (nSPS) is 15.9. The minimum Gasteiger partial charge on any atom is -0.459 e. The molecular formula is C18H20F3N5OS. The number of thiocarbonyl (C=S) groups is 1. The number of piperazine rings is 1. The van der Waals surface area contributed by atoms with Crippen molar-refractivity contribution in [2.24, 2.45) is 10.8 Å². The van der Waals surface area contributed by atoms with Crippen molar-refractivity contribution in [3.05, 3.63) is 53.5 Å². The third-order valence-corrected chi connectivity index (χ3v) is 4.43. The molecule has 6 nitrogen and oxygen atoms in total. The highest BCUT2D eigenvalue weighted by Crippen LogP contribution is 2.31. The van der Waals surface area contributed by atoms with Crippen LogP contribution in [0.5, 0.6) is 0 Å². The highest BCUT2D eigenvalue weighted by molar-refractivity contribution is 7.80. The fourth-order valence-electron chi connectivity index (χ4n) is 2.97. The van der Waals surface area contributed by atoms with Crippen LogP contribution in [0.2, 0.25) is 0 Å². The van der Waals surface area contributed by atoms with E-state index in [0.29, 0.717) is 31.1 Å². The summed E-state index contributed by atoms with van der Waals surface area (Å²) in [4.78, 5) is 4.16. The van der Waals surface area contributed by atoms with Crippen LogP contribution < -0.4 is 16.1 Å². The maximum atomic E-state index is 12.9. The highest BCUT2D eigenvalue weighted by atomic mass is 32.1. The average molecular weight is 411 g/mol. The van der Waals surface area contributed by atoms with Gasteiger partial charge in [0.1, 0.15) is 11.5 Å². The van der Waals surface area contributed by atoms with E-state index in [0.717, 1.165) is 24.9 Å². The molecule has 0 aliphatic carbocycles. The van der Waals surface area contributed by atoms with Crippen LogP contribution >= 0.6 is 12.2 Å². The van der Waals surface area contributed by atoms with Crippen LogP contribution in [0.1, 0.15) is 17.1 Å². The Balaban J connectivity index is 1.53. The first kappa shape index (κ1) is 20.2. The van der Waals surface area contributed by atoms with Crippen LogP contribution in [-0.4, -0.2) is 42.4 Å². The number of anilines is 1. The Kier molecular flexibility index (Phi) is 6.20. The molecule has 3 rings (SSSR count). The second-order valence-corrected chi connectivity index (χ2v) is 6.79. The van der Waals surface area contributed by atoms with Gasteiger partial charge in [-0.25, -0.2) is 0 Å². The molecule has 1 aromatic carbocycles. The van der Waals surface area contributed by atoms with Crippen LogP contribution in [0.4, 0.5) is 18.9 Å². The van der Waals surface area contributed by atoms with Gasteiger partial charge in [-0.1, -0.05) is 6.07 Å². The van der Waals surface area contributed by atoms with Crippen molar-refractivity contribution in [1.82, 2.24) is 10.3 Å². The molecule has 1 saturated heterocycles. The zero-order chi connectivity index (χ0) is 20.1. The SMILES string of the molecule is NC(=S)NN=Cc1ccc(CN2CCN(c3cccc(C(F)(F)F)c3)CC2)o1. The lowest BCUT2D eigenvalue weighted by Gasteiger charge is -2.35. The van der Waals surface area contributed by atoms with E-state index in [9.17, 15) is 13.2 Å². The standard InChI is InChI=1S/C18H20F3N5OS/c19-18(20,21)13-2-1-3-14(10-13)26-8-6-25(7-9-26)12-16-5-4-15(27-16)11-23-24-17(22)28/h1-5,10-11H,6-9,12H2,(H3,22,24,28). The topological polar surface area (TPSA) is 70.0 Å². The van der Waals surface area contributed by atoms with Crippen molar-refractivity contribution in [1.29, 1.82) is 0 Å². The molecule has 10 heteroatoms. The van der Waals surface area contributed by atoms with E-state index in [-0.39, 0.29) is 5.11 Å². The van der Waals surface area contributed by atoms with E-state index in [4.69, 9.17) is 10.2 Å². The number of hydrogen-bond donors (Lipinski definition) is 2. The molecule has 0 radical (unpaired) electrons. The molecule has 1 aromatic heterocycles. The van der Waals surface area contributed by atoms with E-state index in [1.54, 1.807) is 12.1 Å². The Bertz CT molecular complexity index is 844. The molecule has 0 amide bonds. The Morgan fingerprint density at radius 2 is 1.96 bits per heavy atom. The van der Waals surface area contributed by atoms with Crippen molar-refractivity contribution >= 4 is 29.2 Å². The molecule has 0 spiro atoms. The first-order chi connectivity index (χ1) is 13.3. The second-order valence-electron chi connectivity index (χ2n) is 6.35. The van der Waals surface area contributed by atoms with E-state index in [2.05, 4.69) is 27.6 Å². The molecular weight excluding hydrogens is 391 g/mol. The molecule has 2 aromatic rings. The number of halogens is 3. The van der Waals surface area contributed by atoms with Gasteiger partial charge in [-0.05, 0) is 42.5 Å². The zero-order valence-corrected chi connectivity index (χ0v) is 15.8. The van der Waals surface area contributed by atoms with E-state index in [1.165, 1.54) is 18.3 Å². The smallest absolute Gasteiger partial charge is 0.416 e. The number of benzene rings is 1. The van der Waals surface area contributed by atoms with Gasteiger partial charge in [0.05, 0.1) is 18.3 Å². The summed E-state index contributed by atoms with van der Waals surface area (Å²) in [5.74, 6) is 1.35. The number of furan rings is 1. The van der Waals surface area contributed by atoms with Gasteiger partial charge < -0.3 is 15.1 Å². The van der Waals surface area contributed by atoms with Crippen molar-refractivity contribution < 1.29 is 17.6 Å². The van der Waals surface area contributed by atoms with Gasteiger partial charge in [0.25, 0.3) is 0 Å². The van der Waals surface area contributed by atoms with Gasteiger partial charge in [0.2, 0.25) is 0 Å². The number of nitrogens with one attached hydrogen (secondary N) is 1. The van der Waals surface area contributed by atoms with Crippen molar-refractivity contribution in [3.8, 4) is 0 Å². The molecule has 1 aliphatic heterocycles. The van der Waals surface area contributed by atoms with Crippen LogP contribution in [0.15, 0.2) is 45.9 Å². The third kappa shape index (κ3) is 5.46. The quantitative estimate of drug-likeness (QED) is 0.448. The lowest BCUT2D eigenvalue weighted by molar-refractivity contribution is -0.137. The number of nitrogens with zero attached hydrogens (tertiary/aromatic N) is 3. The van der Waals surface area contributed by atoms with E-state index in [1.807, 2.05) is 11.0 Å². The summed E-state index contributed by atoms with van der Waals surface area (Å²) in [7, 11) is 0. The maximum absolute atomic E-state index is 12.9. The monoisotopic (exact) mass is 411 g/mol. The van der Waals surface area contributed by atoms with Crippen molar-refractivity contribution in [2.45, 2.75) is 12.7 Å². The summed E-state index contributed by atoms with van der Waals surface area (Å²) in [6.45, 7) is 3.36. The van der Waals surface area contributed by atoms with Gasteiger partial charge in [0, 0.05) is 31.9 Å². The predicted molar refractivity (Wildman–Crippen MR) is 105 cm³/mol. The number of alkyl halides is 3. The summed E-state index contributed by atoms with van der Waals surface area (Å²) >= 11 is 4.65. The first-order valence-corrected chi connectivity index (χ1v) is 9.04. The molecule has 1 aliphatic rings. The highest BCUT2D eigenvalue weighted by Gasteiger charge is 2.31. The first-order valence-electron chi connectivity index (χ1n) is 8.63. The van der Waals surface area contributed by atoms with Crippen molar-refractivity contribution in [2.75, 3.05) is 31.1 Å². The molecule has 1 fully saturated rings. The summed E-state index contributed by atoms with van der Waals surface area (Å²) in [6, 6.07) is 9.11. The predicted octanol–water partition coefficient (Wildman–Crippen LogP) is 2.79. The molecule has 150 valence electrons. The molecule has 28 heavy (non-hydrogen) atoms. The molecule has 3 N–H and O–H groups in total. The Hall–Kier alpha value is -2.59. The number of hydrogen-bond acceptors (Lipinski definition) is 5. The summed E-state index contributed by atoms with van der Waals surface area (Å²) in [5.41, 5.74) is 7.70. The third-order valence-electron chi connectivity index (χ3n) is 4.34. The van der Waals surface area contributed by atoms with Crippen LogP contribution in [0, 0.1) is 0 Å². The minimum atomic E-state index is -4.33. The average Bonchev–Trinajstić information content (AvgIpc) is 3.09. The molecule has 0 unspecified atom stereocenters. The Morgan fingerprint density at radius 1 is 1.21 bits per heavy atom. The molecule has 0 bridgehead atoms. The summed E-state index contributed by atoms with van der Waals surface area (Å²) < 4.78 is 44.4. The van der Waals surface area contributed by atoms with Gasteiger partial charge >= 0.3 is 6.18 Å². The molecule has 2 heterocycles. The van der Waals surface area contributed by atoms with Crippen molar-refractivity contribution in [3.63, 3.8) is 0 Å².